The molecule has 2 rings (SSSR count). The molecule has 0 amide bonds. The Morgan fingerprint density at radius 2 is 1.63 bits per heavy atom. The maximum absolute atomic E-state index is 14.0. The third-order valence-electron chi connectivity index (χ3n) is 3.65. The molecule has 0 saturated heterocycles. The number of nitrogens with zero attached hydrogens (tertiary/aromatic N) is 3. The predicted molar refractivity (Wildman–Crippen MR) is 91.3 cm³/mol. The van der Waals surface area contributed by atoms with E-state index in [4.69, 9.17) is 20.0 Å². The van der Waals surface area contributed by atoms with Gasteiger partial charge in [0.2, 0.25) is 23.4 Å². The van der Waals surface area contributed by atoms with Crippen LogP contribution in [0.3, 0.4) is 0 Å². The average Bonchev–Trinajstić information content (AvgIpc) is 2.64. The minimum Gasteiger partial charge on any atom is -0.481 e. The molecule has 0 spiro atoms. The molecule has 0 radical (unpaired) electrons. The number of nitrogens with two attached hydrogens (primary N) is 1. The van der Waals surface area contributed by atoms with Crippen LogP contribution in [0.25, 0.3) is 0 Å². The zero-order valence-corrected chi connectivity index (χ0v) is 15.1. The van der Waals surface area contributed by atoms with E-state index in [1.165, 1.54) is 40.2 Å². The molecule has 0 aliphatic carbocycles. The highest BCUT2D eigenvalue weighted by Gasteiger charge is 2.37. The van der Waals surface area contributed by atoms with Crippen LogP contribution in [0.15, 0.2) is 29.4 Å². The number of methoxy groups -OCH3 is 2. The van der Waals surface area contributed by atoms with Crippen molar-refractivity contribution >= 4 is 11.8 Å². The Balaban J connectivity index is 2.27. The summed E-state index contributed by atoms with van der Waals surface area (Å²) in [6.45, 7) is 2.60. The van der Waals surface area contributed by atoms with Crippen LogP contribution in [-0.2, 0) is 15.0 Å². The second-order valence-electron chi connectivity index (χ2n) is 5.85. The molecular formula is C17H18F2N4O4. The molecule has 0 saturated carbocycles. The topological polar surface area (TPSA) is 109 Å². The lowest BCUT2D eigenvalue weighted by Crippen LogP contribution is -2.33. The van der Waals surface area contributed by atoms with Crippen LogP contribution in [0.4, 0.5) is 8.78 Å². The molecule has 0 atom stereocenters. The lowest BCUT2D eigenvalue weighted by Gasteiger charge is -2.22. The van der Waals surface area contributed by atoms with Gasteiger partial charge in [0.15, 0.2) is 0 Å². The Morgan fingerprint density at radius 1 is 1.11 bits per heavy atom. The Kier molecular flexibility index (Phi) is 5.88. The van der Waals surface area contributed by atoms with Crippen LogP contribution in [0.1, 0.15) is 25.2 Å². The molecule has 0 aliphatic heterocycles. The van der Waals surface area contributed by atoms with Crippen molar-refractivity contribution in [2.45, 2.75) is 19.3 Å². The highest BCUT2D eigenvalue weighted by atomic mass is 19.1. The number of amidine groups is 1. The van der Waals surface area contributed by atoms with E-state index in [0.717, 1.165) is 12.1 Å². The highest BCUT2D eigenvalue weighted by molar-refractivity contribution is 5.94. The number of ether oxygens (including phenoxy) is 2. The maximum Gasteiger partial charge on any atom is 0.345 e. The zero-order valence-electron chi connectivity index (χ0n) is 15.1. The first kappa shape index (κ1) is 20.0. The number of hydrogen-bond donors (Lipinski definition) is 1. The van der Waals surface area contributed by atoms with E-state index in [0.29, 0.717) is 0 Å². The fraction of sp³-hybridized carbons (Fsp3) is 0.294. The van der Waals surface area contributed by atoms with Gasteiger partial charge in [-0.2, -0.15) is 9.97 Å². The molecule has 10 heteroatoms. The number of carbonyl (C=O) groups is 1. The first-order valence-corrected chi connectivity index (χ1v) is 7.67. The van der Waals surface area contributed by atoms with Crippen LogP contribution < -0.4 is 15.2 Å². The van der Waals surface area contributed by atoms with Crippen LogP contribution in [0, 0.1) is 11.6 Å². The Bertz CT molecular complexity index is 845. The Hall–Kier alpha value is -3.30. The van der Waals surface area contributed by atoms with Gasteiger partial charge in [-0.15, -0.1) is 0 Å². The molecule has 144 valence electrons. The van der Waals surface area contributed by atoms with Crippen molar-refractivity contribution in [3.63, 3.8) is 0 Å². The summed E-state index contributed by atoms with van der Waals surface area (Å²) in [4.78, 5) is 25.0. The summed E-state index contributed by atoms with van der Waals surface area (Å²) >= 11 is 0. The van der Waals surface area contributed by atoms with E-state index in [2.05, 4.69) is 15.1 Å². The number of halogens is 2. The molecule has 1 aromatic heterocycles. The van der Waals surface area contributed by atoms with Crippen molar-refractivity contribution in [2.75, 3.05) is 14.2 Å². The number of oxime groups is 1. The van der Waals surface area contributed by atoms with Gasteiger partial charge in [-0.05, 0) is 26.0 Å². The van der Waals surface area contributed by atoms with Gasteiger partial charge < -0.3 is 20.0 Å². The van der Waals surface area contributed by atoms with Crippen molar-refractivity contribution in [1.29, 1.82) is 0 Å². The SMILES string of the molecule is COc1cc(OC)nc(C(N)=NOC(=O)C(C)(C)c2c(F)cccc2F)n1. The van der Waals surface area contributed by atoms with E-state index >= 15 is 0 Å². The molecule has 8 nitrogen and oxygen atoms in total. The molecule has 1 aromatic carbocycles. The van der Waals surface area contributed by atoms with Gasteiger partial charge in [0.1, 0.15) is 11.6 Å². The van der Waals surface area contributed by atoms with E-state index in [-0.39, 0.29) is 23.4 Å². The molecular weight excluding hydrogens is 362 g/mol. The van der Waals surface area contributed by atoms with E-state index in [1.54, 1.807) is 0 Å². The summed E-state index contributed by atoms with van der Waals surface area (Å²) in [5.41, 5.74) is 3.62. The van der Waals surface area contributed by atoms with Gasteiger partial charge >= 0.3 is 5.97 Å². The molecule has 2 aromatic rings. The third-order valence-corrected chi connectivity index (χ3v) is 3.65. The largest absolute Gasteiger partial charge is 0.481 e. The minimum absolute atomic E-state index is 0.117. The van der Waals surface area contributed by atoms with Gasteiger partial charge in [-0.25, -0.2) is 13.6 Å². The number of carbonyl (C=O) groups excluding carboxylic acids is 1. The Morgan fingerprint density at radius 3 is 2.11 bits per heavy atom. The molecule has 0 fully saturated rings. The molecule has 1 heterocycles. The number of rotatable bonds is 6. The van der Waals surface area contributed by atoms with E-state index in [1.807, 2.05) is 0 Å². The summed E-state index contributed by atoms with van der Waals surface area (Å²) in [6.07, 6.45) is 0. The molecule has 27 heavy (non-hydrogen) atoms. The first-order chi connectivity index (χ1) is 12.7. The second-order valence-corrected chi connectivity index (χ2v) is 5.85. The van der Waals surface area contributed by atoms with Crippen molar-refractivity contribution in [2.24, 2.45) is 10.9 Å². The van der Waals surface area contributed by atoms with Crippen molar-refractivity contribution in [3.8, 4) is 11.8 Å². The summed E-state index contributed by atoms with van der Waals surface area (Å²) in [5, 5.41) is 3.46. The summed E-state index contributed by atoms with van der Waals surface area (Å²) < 4.78 is 37.9. The summed E-state index contributed by atoms with van der Waals surface area (Å²) in [6, 6.07) is 4.69. The molecule has 0 bridgehead atoms. The lowest BCUT2D eigenvalue weighted by atomic mass is 9.84. The normalized spacial score (nSPS) is 11.9. The maximum atomic E-state index is 14.0. The molecule has 0 unspecified atom stereocenters. The van der Waals surface area contributed by atoms with Gasteiger partial charge in [-0.3, -0.25) is 0 Å². The smallest absolute Gasteiger partial charge is 0.345 e. The van der Waals surface area contributed by atoms with Crippen molar-refractivity contribution in [3.05, 3.63) is 47.3 Å². The highest BCUT2D eigenvalue weighted by Crippen LogP contribution is 2.29. The molecule has 0 aliphatic rings. The van der Waals surface area contributed by atoms with Crippen molar-refractivity contribution < 1.29 is 27.9 Å². The van der Waals surface area contributed by atoms with Crippen LogP contribution >= 0.6 is 0 Å². The summed E-state index contributed by atoms with van der Waals surface area (Å²) in [5.74, 6) is -2.96. The number of aromatic nitrogens is 2. The average molecular weight is 380 g/mol. The fourth-order valence-corrected chi connectivity index (χ4v) is 2.17. The van der Waals surface area contributed by atoms with Crippen LogP contribution in [0.2, 0.25) is 0 Å². The van der Waals surface area contributed by atoms with Gasteiger partial charge in [0.25, 0.3) is 0 Å². The van der Waals surface area contributed by atoms with Gasteiger partial charge in [-0.1, -0.05) is 11.2 Å². The number of hydrogen-bond acceptors (Lipinski definition) is 7. The fourth-order valence-electron chi connectivity index (χ4n) is 2.17. The predicted octanol–water partition coefficient (Wildman–Crippen LogP) is 1.91. The monoisotopic (exact) mass is 380 g/mol. The zero-order chi connectivity index (χ0) is 20.2. The first-order valence-electron chi connectivity index (χ1n) is 7.67. The van der Waals surface area contributed by atoms with E-state index < -0.39 is 28.6 Å². The standard InChI is InChI=1S/C17H18F2N4O4/c1-17(2,13-9(18)6-5-7-10(13)19)16(24)27-23-14(20)15-21-11(25-3)8-12(22-15)26-4/h5-8H,1-4H3,(H2,20,23). The van der Waals surface area contributed by atoms with Crippen LogP contribution in [0.5, 0.6) is 11.8 Å². The summed E-state index contributed by atoms with van der Waals surface area (Å²) in [7, 11) is 2.76. The van der Waals surface area contributed by atoms with Crippen LogP contribution in [-0.4, -0.2) is 36.0 Å². The van der Waals surface area contributed by atoms with Gasteiger partial charge in [0.05, 0.1) is 25.7 Å². The lowest BCUT2D eigenvalue weighted by molar-refractivity contribution is -0.149. The van der Waals surface area contributed by atoms with E-state index in [9.17, 15) is 13.6 Å². The molecule has 2 N–H and O–H groups in total. The minimum atomic E-state index is -1.66. The third kappa shape index (κ3) is 4.27. The Labute approximate surface area is 154 Å². The second kappa shape index (κ2) is 7.94. The number of benzene rings is 1. The van der Waals surface area contributed by atoms with Gasteiger partial charge in [0, 0.05) is 5.56 Å². The van der Waals surface area contributed by atoms with Crippen molar-refractivity contribution in [1.82, 2.24) is 9.97 Å². The quantitative estimate of drug-likeness (QED) is 0.353.